The Kier molecular flexibility index (Phi) is 5.60. The number of nitrogens with one attached hydrogen (secondary N) is 1. The smallest absolute Gasteiger partial charge is 0.258 e. The lowest BCUT2D eigenvalue weighted by molar-refractivity contribution is -0.123. The van der Waals surface area contributed by atoms with Crippen LogP contribution in [0.2, 0.25) is 0 Å². The van der Waals surface area contributed by atoms with Crippen LogP contribution in [-0.4, -0.2) is 29.9 Å². The highest BCUT2D eigenvalue weighted by molar-refractivity contribution is 6.00. The van der Waals surface area contributed by atoms with Crippen LogP contribution in [0.25, 0.3) is 0 Å². The second-order valence-electron chi connectivity index (χ2n) is 8.14. The van der Waals surface area contributed by atoms with Gasteiger partial charge in [0.25, 0.3) is 5.91 Å². The molecule has 154 valence electrons. The number of ketones is 1. The number of rotatable bonds is 6. The highest BCUT2D eigenvalue weighted by Gasteiger charge is 2.41. The van der Waals surface area contributed by atoms with Crippen molar-refractivity contribution in [3.05, 3.63) is 47.9 Å². The van der Waals surface area contributed by atoms with E-state index in [0.717, 1.165) is 31.4 Å². The van der Waals surface area contributed by atoms with E-state index in [0.29, 0.717) is 29.9 Å². The number of carbonyl (C=O) groups is 2. The molecule has 29 heavy (non-hydrogen) atoms. The minimum absolute atomic E-state index is 0.0621. The molecule has 0 radical (unpaired) electrons. The van der Waals surface area contributed by atoms with Gasteiger partial charge < -0.3 is 19.2 Å². The van der Waals surface area contributed by atoms with Crippen molar-refractivity contribution in [3.8, 4) is 11.5 Å². The predicted octanol–water partition coefficient (Wildman–Crippen LogP) is 4.07. The number of fused-ring (bicyclic) bond motifs is 1. The Balaban J connectivity index is 1.35. The third kappa shape index (κ3) is 4.63. The zero-order valence-electron chi connectivity index (χ0n) is 16.7. The summed E-state index contributed by atoms with van der Waals surface area (Å²) in [4.78, 5) is 24.8. The van der Waals surface area contributed by atoms with Crippen LogP contribution in [-0.2, 0) is 11.2 Å². The Labute approximate surface area is 170 Å². The summed E-state index contributed by atoms with van der Waals surface area (Å²) in [7, 11) is 0. The maximum absolute atomic E-state index is 12.6. The fourth-order valence-electron chi connectivity index (χ4n) is 4.29. The minimum Gasteiger partial charge on any atom is -0.486 e. The van der Waals surface area contributed by atoms with Gasteiger partial charge in [-0.05, 0) is 56.9 Å². The molecule has 6 nitrogen and oxygen atoms in total. The molecule has 1 N–H and O–H groups in total. The largest absolute Gasteiger partial charge is 0.486 e. The first-order chi connectivity index (χ1) is 14.0. The molecule has 1 amide bonds. The zero-order valence-corrected chi connectivity index (χ0v) is 16.7. The SMILES string of the molecule is C[C@@H](Cc1ccco1)NC(=O)COc1ccc2c(c1)OC1(CCCCC1)CC2=O. The summed E-state index contributed by atoms with van der Waals surface area (Å²) in [6, 6.07) is 8.84. The van der Waals surface area contributed by atoms with E-state index in [-0.39, 0.29) is 29.9 Å². The van der Waals surface area contributed by atoms with Crippen molar-refractivity contribution >= 4 is 11.7 Å². The van der Waals surface area contributed by atoms with Crippen molar-refractivity contribution in [2.75, 3.05) is 6.61 Å². The van der Waals surface area contributed by atoms with E-state index in [1.807, 2.05) is 19.1 Å². The van der Waals surface area contributed by atoms with Gasteiger partial charge in [-0.1, -0.05) is 6.42 Å². The van der Waals surface area contributed by atoms with Crippen LogP contribution in [0, 0.1) is 0 Å². The molecule has 2 heterocycles. The average Bonchev–Trinajstić information content (AvgIpc) is 3.19. The molecule has 1 aromatic heterocycles. The molecule has 1 atom stereocenters. The summed E-state index contributed by atoms with van der Waals surface area (Å²) in [6.07, 6.45) is 7.91. The Morgan fingerprint density at radius 3 is 2.83 bits per heavy atom. The maximum Gasteiger partial charge on any atom is 0.258 e. The summed E-state index contributed by atoms with van der Waals surface area (Å²) >= 11 is 0. The molecule has 6 heteroatoms. The lowest BCUT2D eigenvalue weighted by atomic mass is 9.78. The van der Waals surface area contributed by atoms with Gasteiger partial charge in [0, 0.05) is 18.5 Å². The highest BCUT2D eigenvalue weighted by atomic mass is 16.5. The zero-order chi connectivity index (χ0) is 20.3. The van der Waals surface area contributed by atoms with E-state index >= 15 is 0 Å². The standard InChI is InChI=1S/C23H27NO5/c1-16(12-17-6-5-11-27-17)24-22(26)15-28-18-7-8-19-20(25)14-23(29-21(19)13-18)9-3-2-4-10-23/h5-8,11,13,16H,2-4,9-10,12,14-15H2,1H3,(H,24,26)/t16-/m0/s1. The summed E-state index contributed by atoms with van der Waals surface area (Å²) in [5, 5.41) is 2.90. The third-order valence-electron chi connectivity index (χ3n) is 5.69. The molecule has 0 bridgehead atoms. The number of hydrogen-bond donors (Lipinski definition) is 1. The molecule has 1 spiro atoms. The van der Waals surface area contributed by atoms with Crippen molar-refractivity contribution in [3.63, 3.8) is 0 Å². The van der Waals surface area contributed by atoms with Crippen LogP contribution >= 0.6 is 0 Å². The van der Waals surface area contributed by atoms with E-state index in [1.54, 1.807) is 24.5 Å². The van der Waals surface area contributed by atoms with Crippen LogP contribution in [0.3, 0.4) is 0 Å². The van der Waals surface area contributed by atoms with Crippen molar-refractivity contribution in [1.82, 2.24) is 5.32 Å². The van der Waals surface area contributed by atoms with Crippen LogP contribution in [0.4, 0.5) is 0 Å². The molecule has 1 aromatic carbocycles. The average molecular weight is 397 g/mol. The number of benzene rings is 1. The topological polar surface area (TPSA) is 77.8 Å². The van der Waals surface area contributed by atoms with Gasteiger partial charge >= 0.3 is 0 Å². The first-order valence-corrected chi connectivity index (χ1v) is 10.3. The van der Waals surface area contributed by atoms with Crippen molar-refractivity contribution in [1.29, 1.82) is 0 Å². The van der Waals surface area contributed by atoms with Gasteiger partial charge in [-0.25, -0.2) is 0 Å². The number of ether oxygens (including phenoxy) is 2. The quantitative estimate of drug-likeness (QED) is 0.795. The summed E-state index contributed by atoms with van der Waals surface area (Å²) in [5.74, 6) is 1.85. The maximum atomic E-state index is 12.6. The summed E-state index contributed by atoms with van der Waals surface area (Å²) in [5.41, 5.74) is 0.240. The highest BCUT2D eigenvalue weighted by Crippen LogP contribution is 2.42. The monoisotopic (exact) mass is 397 g/mol. The lowest BCUT2D eigenvalue weighted by Gasteiger charge is -2.40. The van der Waals surface area contributed by atoms with Gasteiger partial charge in [-0.15, -0.1) is 0 Å². The van der Waals surface area contributed by atoms with Gasteiger partial charge in [0.2, 0.25) is 0 Å². The van der Waals surface area contributed by atoms with Gasteiger partial charge in [0.05, 0.1) is 18.2 Å². The fourth-order valence-corrected chi connectivity index (χ4v) is 4.29. The summed E-state index contributed by atoms with van der Waals surface area (Å²) in [6.45, 7) is 1.82. The fraction of sp³-hybridized carbons (Fsp3) is 0.478. The second-order valence-corrected chi connectivity index (χ2v) is 8.14. The van der Waals surface area contributed by atoms with E-state index in [2.05, 4.69) is 5.32 Å². The summed E-state index contributed by atoms with van der Waals surface area (Å²) < 4.78 is 17.2. The van der Waals surface area contributed by atoms with E-state index < -0.39 is 0 Å². The molecule has 1 fully saturated rings. The predicted molar refractivity (Wildman–Crippen MR) is 107 cm³/mol. The number of amides is 1. The minimum atomic E-state index is -0.361. The van der Waals surface area contributed by atoms with Gasteiger partial charge in [-0.2, -0.15) is 0 Å². The van der Waals surface area contributed by atoms with Crippen molar-refractivity contribution in [2.45, 2.75) is 63.5 Å². The molecule has 2 aliphatic rings. The van der Waals surface area contributed by atoms with Crippen LogP contribution in [0.1, 0.15) is 61.6 Å². The molecule has 1 aliphatic carbocycles. The van der Waals surface area contributed by atoms with Crippen molar-refractivity contribution < 1.29 is 23.5 Å². The molecule has 0 saturated heterocycles. The number of Topliss-reactive ketones (excluding diaryl/α,β-unsaturated/α-hetero) is 1. The Bertz CT molecular complexity index is 867. The first kappa shape index (κ1) is 19.6. The van der Waals surface area contributed by atoms with Gasteiger partial charge in [0.15, 0.2) is 12.4 Å². The Morgan fingerprint density at radius 2 is 2.07 bits per heavy atom. The van der Waals surface area contributed by atoms with Crippen LogP contribution in [0.5, 0.6) is 11.5 Å². The van der Waals surface area contributed by atoms with E-state index in [1.165, 1.54) is 6.42 Å². The van der Waals surface area contributed by atoms with E-state index in [9.17, 15) is 9.59 Å². The number of furan rings is 1. The second kappa shape index (κ2) is 8.31. The molecular formula is C23H27NO5. The Hall–Kier alpha value is -2.76. The van der Waals surface area contributed by atoms with Crippen LogP contribution in [0.15, 0.2) is 41.0 Å². The first-order valence-electron chi connectivity index (χ1n) is 10.3. The van der Waals surface area contributed by atoms with Crippen molar-refractivity contribution in [2.24, 2.45) is 0 Å². The van der Waals surface area contributed by atoms with Gasteiger partial charge in [-0.3, -0.25) is 9.59 Å². The molecule has 2 aromatic rings. The lowest BCUT2D eigenvalue weighted by Crippen LogP contribution is -2.43. The number of hydrogen-bond acceptors (Lipinski definition) is 5. The molecule has 4 rings (SSSR count). The normalized spacial score (nSPS) is 18.6. The molecular weight excluding hydrogens is 370 g/mol. The third-order valence-corrected chi connectivity index (χ3v) is 5.69. The molecule has 0 unspecified atom stereocenters. The Morgan fingerprint density at radius 1 is 1.24 bits per heavy atom. The van der Waals surface area contributed by atoms with E-state index in [4.69, 9.17) is 13.9 Å². The molecule has 1 saturated carbocycles. The molecule has 1 aliphatic heterocycles. The van der Waals surface area contributed by atoms with Crippen LogP contribution < -0.4 is 14.8 Å². The van der Waals surface area contributed by atoms with Gasteiger partial charge in [0.1, 0.15) is 22.9 Å². The number of carbonyl (C=O) groups excluding carboxylic acids is 2.